The number of hydrogen-bond acceptors (Lipinski definition) is 5. The number of ether oxygens (including phenoxy) is 2. The number of fused-ring (bicyclic) bond motifs is 1. The molecule has 1 aliphatic heterocycles. The predicted octanol–water partition coefficient (Wildman–Crippen LogP) is 2.86. The smallest absolute Gasteiger partial charge is 0.409 e. The maximum atomic E-state index is 13.1. The van der Waals surface area contributed by atoms with Crippen molar-refractivity contribution in [2.24, 2.45) is 0 Å². The van der Waals surface area contributed by atoms with Crippen LogP contribution in [0.15, 0.2) is 24.4 Å². The first-order chi connectivity index (χ1) is 15.5. The molecule has 0 bridgehead atoms. The molecule has 4 rings (SSSR count). The minimum atomic E-state index is -0.404. The topological polar surface area (TPSA) is 76.0 Å². The predicted molar refractivity (Wildman–Crippen MR) is 123 cm³/mol. The van der Waals surface area contributed by atoms with Gasteiger partial charge < -0.3 is 29.2 Å². The summed E-state index contributed by atoms with van der Waals surface area (Å²) in [5.74, 6) is 0.0686. The van der Waals surface area contributed by atoms with E-state index in [1.165, 1.54) is 7.11 Å². The molecule has 2 fully saturated rings. The second-order valence-corrected chi connectivity index (χ2v) is 8.94. The molecule has 1 aromatic carbocycles. The number of amides is 2. The SMILES string of the molecule is COC(=O)N(C)CCCn1cc(Cl)c2ccc(CN(C(=O)C3CNCCO3)C3CC3)cc21. The molecule has 1 atom stereocenters. The van der Waals surface area contributed by atoms with Gasteiger partial charge in [0.15, 0.2) is 0 Å². The third kappa shape index (κ3) is 5.19. The van der Waals surface area contributed by atoms with Crippen LogP contribution in [-0.4, -0.2) is 78.9 Å². The summed E-state index contributed by atoms with van der Waals surface area (Å²) in [7, 11) is 3.10. The lowest BCUT2D eigenvalue weighted by atomic mass is 10.1. The molecular weight excluding hydrogens is 432 g/mol. The number of rotatable bonds is 8. The van der Waals surface area contributed by atoms with Gasteiger partial charge in [0.1, 0.15) is 6.10 Å². The fourth-order valence-electron chi connectivity index (χ4n) is 4.18. The van der Waals surface area contributed by atoms with Crippen LogP contribution in [0.2, 0.25) is 5.02 Å². The van der Waals surface area contributed by atoms with Gasteiger partial charge in [-0.25, -0.2) is 4.79 Å². The van der Waals surface area contributed by atoms with Gasteiger partial charge in [-0.1, -0.05) is 23.7 Å². The Morgan fingerprint density at radius 1 is 1.34 bits per heavy atom. The summed E-state index contributed by atoms with van der Waals surface area (Å²) in [6, 6.07) is 6.49. The van der Waals surface area contributed by atoms with Gasteiger partial charge in [-0.05, 0) is 30.9 Å². The molecule has 1 aliphatic carbocycles. The highest BCUT2D eigenvalue weighted by atomic mass is 35.5. The van der Waals surface area contributed by atoms with Crippen LogP contribution in [-0.2, 0) is 27.4 Å². The lowest BCUT2D eigenvalue weighted by Crippen LogP contribution is -2.49. The molecule has 0 spiro atoms. The molecule has 2 aromatic rings. The Morgan fingerprint density at radius 2 is 2.16 bits per heavy atom. The molecule has 1 unspecified atom stereocenters. The molecule has 8 nitrogen and oxygen atoms in total. The third-order valence-electron chi connectivity index (χ3n) is 6.10. The van der Waals surface area contributed by atoms with Crippen LogP contribution < -0.4 is 5.32 Å². The Labute approximate surface area is 193 Å². The normalized spacial score (nSPS) is 18.5. The second-order valence-electron chi connectivity index (χ2n) is 8.53. The number of nitrogens with one attached hydrogen (secondary N) is 1. The van der Waals surface area contributed by atoms with Crippen LogP contribution in [0.4, 0.5) is 4.79 Å². The first kappa shape index (κ1) is 22.9. The van der Waals surface area contributed by atoms with Crippen LogP contribution in [0.3, 0.4) is 0 Å². The number of hydrogen-bond donors (Lipinski definition) is 1. The van der Waals surface area contributed by atoms with E-state index in [0.29, 0.717) is 37.3 Å². The molecule has 2 amide bonds. The van der Waals surface area contributed by atoms with Crippen LogP contribution in [0.5, 0.6) is 0 Å². The lowest BCUT2D eigenvalue weighted by molar-refractivity contribution is -0.146. The van der Waals surface area contributed by atoms with Crippen molar-refractivity contribution in [3.63, 3.8) is 0 Å². The quantitative estimate of drug-likeness (QED) is 0.652. The van der Waals surface area contributed by atoms with E-state index in [-0.39, 0.29) is 12.0 Å². The van der Waals surface area contributed by atoms with Gasteiger partial charge in [0.2, 0.25) is 0 Å². The fourth-order valence-corrected chi connectivity index (χ4v) is 4.46. The Morgan fingerprint density at radius 3 is 2.84 bits per heavy atom. The van der Waals surface area contributed by atoms with Crippen LogP contribution in [0, 0.1) is 0 Å². The molecular formula is C23H31ClN4O4. The van der Waals surface area contributed by atoms with Crippen LogP contribution in [0.25, 0.3) is 10.9 Å². The van der Waals surface area contributed by atoms with E-state index in [1.54, 1.807) is 11.9 Å². The molecule has 1 saturated carbocycles. The summed E-state index contributed by atoms with van der Waals surface area (Å²) in [6.07, 6.45) is 4.05. The number of methoxy groups -OCH3 is 1. The largest absolute Gasteiger partial charge is 0.453 e. The maximum Gasteiger partial charge on any atom is 0.409 e. The first-order valence-electron chi connectivity index (χ1n) is 11.2. The lowest BCUT2D eigenvalue weighted by Gasteiger charge is -2.30. The zero-order valence-electron chi connectivity index (χ0n) is 18.7. The van der Waals surface area contributed by atoms with Gasteiger partial charge in [-0.2, -0.15) is 0 Å². The summed E-state index contributed by atoms with van der Waals surface area (Å²) in [5, 5.41) is 4.93. The number of benzene rings is 1. The van der Waals surface area contributed by atoms with Gasteiger partial charge in [-0.15, -0.1) is 0 Å². The zero-order valence-corrected chi connectivity index (χ0v) is 19.4. The van der Waals surface area contributed by atoms with Gasteiger partial charge in [0.05, 0.1) is 18.7 Å². The summed E-state index contributed by atoms with van der Waals surface area (Å²) in [6.45, 7) is 3.80. The average Bonchev–Trinajstić information content (AvgIpc) is 3.61. The Bertz CT molecular complexity index is 968. The van der Waals surface area contributed by atoms with Gasteiger partial charge in [0.25, 0.3) is 5.91 Å². The van der Waals surface area contributed by atoms with E-state index >= 15 is 0 Å². The van der Waals surface area contributed by atoms with E-state index in [1.807, 2.05) is 23.2 Å². The highest BCUT2D eigenvalue weighted by Gasteiger charge is 2.36. The number of aryl methyl sites for hydroxylation is 1. The molecule has 1 N–H and O–H groups in total. The molecule has 174 valence electrons. The molecule has 0 radical (unpaired) electrons. The van der Waals surface area contributed by atoms with E-state index in [4.69, 9.17) is 21.1 Å². The molecule has 1 aromatic heterocycles. The Kier molecular flexibility index (Phi) is 7.23. The van der Waals surface area contributed by atoms with Crippen LogP contribution in [0.1, 0.15) is 24.8 Å². The monoisotopic (exact) mass is 462 g/mol. The average molecular weight is 463 g/mol. The molecule has 1 saturated heterocycles. The fraction of sp³-hybridized carbons (Fsp3) is 0.565. The standard InChI is InChI=1S/C23H31ClN4O4/c1-26(23(30)31-2)9-3-10-27-15-19(24)18-7-4-16(12-20(18)27)14-28(17-5-6-17)22(29)21-13-25-8-11-32-21/h4,7,12,15,17,21,25H,3,5-6,8-11,13-14H2,1-2H3. The molecule has 2 heterocycles. The number of carbonyl (C=O) groups is 2. The second kappa shape index (κ2) is 10.1. The summed E-state index contributed by atoms with van der Waals surface area (Å²) < 4.78 is 12.6. The Balaban J connectivity index is 1.47. The summed E-state index contributed by atoms with van der Waals surface area (Å²) in [5.41, 5.74) is 2.11. The minimum Gasteiger partial charge on any atom is -0.453 e. The molecule has 32 heavy (non-hydrogen) atoms. The summed E-state index contributed by atoms with van der Waals surface area (Å²) >= 11 is 6.47. The van der Waals surface area contributed by atoms with Crippen molar-refractivity contribution in [3.8, 4) is 0 Å². The molecule has 9 heteroatoms. The van der Waals surface area contributed by atoms with Crippen molar-refractivity contribution in [2.45, 2.75) is 44.5 Å². The van der Waals surface area contributed by atoms with E-state index in [2.05, 4.69) is 16.0 Å². The number of halogens is 1. The van der Waals surface area contributed by atoms with E-state index in [0.717, 1.165) is 48.8 Å². The van der Waals surface area contributed by atoms with E-state index < -0.39 is 6.10 Å². The summed E-state index contributed by atoms with van der Waals surface area (Å²) in [4.78, 5) is 28.2. The van der Waals surface area contributed by atoms with Crippen molar-refractivity contribution >= 4 is 34.5 Å². The third-order valence-corrected chi connectivity index (χ3v) is 6.40. The number of aromatic nitrogens is 1. The van der Waals surface area contributed by atoms with Crippen molar-refractivity contribution in [1.29, 1.82) is 0 Å². The van der Waals surface area contributed by atoms with Crippen molar-refractivity contribution in [3.05, 3.63) is 35.0 Å². The minimum absolute atomic E-state index is 0.0686. The molecule has 2 aliphatic rings. The van der Waals surface area contributed by atoms with Gasteiger partial charge in [-0.3, -0.25) is 4.79 Å². The highest BCUT2D eigenvalue weighted by molar-refractivity contribution is 6.35. The number of morpholine rings is 1. The zero-order chi connectivity index (χ0) is 22.7. The van der Waals surface area contributed by atoms with Crippen molar-refractivity contribution < 1.29 is 19.1 Å². The Hall–Kier alpha value is -2.29. The maximum absolute atomic E-state index is 13.1. The van der Waals surface area contributed by atoms with Crippen molar-refractivity contribution in [1.82, 2.24) is 19.7 Å². The van der Waals surface area contributed by atoms with Gasteiger partial charge >= 0.3 is 6.09 Å². The highest BCUT2D eigenvalue weighted by Crippen LogP contribution is 2.31. The number of carbonyl (C=O) groups excluding carboxylic acids is 2. The van der Waals surface area contributed by atoms with Crippen LogP contribution >= 0.6 is 11.6 Å². The van der Waals surface area contributed by atoms with Crippen molar-refractivity contribution in [2.75, 3.05) is 40.4 Å². The van der Waals surface area contributed by atoms with E-state index in [9.17, 15) is 9.59 Å². The first-order valence-corrected chi connectivity index (χ1v) is 11.5. The van der Waals surface area contributed by atoms with Gasteiger partial charge in [0, 0.05) is 62.9 Å². The number of nitrogens with zero attached hydrogens (tertiary/aromatic N) is 3.